The Morgan fingerprint density at radius 3 is 2.77 bits per heavy atom. The SMILES string of the molecule is CCCOc1ccc(CNC(=NC)NCCCN2CCC(C)CC2)cn1. The van der Waals surface area contributed by atoms with Gasteiger partial charge in [0.15, 0.2) is 5.96 Å². The van der Waals surface area contributed by atoms with Crippen molar-refractivity contribution in [2.24, 2.45) is 10.9 Å². The van der Waals surface area contributed by atoms with Crippen LogP contribution in [0.25, 0.3) is 0 Å². The van der Waals surface area contributed by atoms with Gasteiger partial charge >= 0.3 is 0 Å². The molecule has 1 aromatic rings. The van der Waals surface area contributed by atoms with Crippen molar-refractivity contribution >= 4 is 5.96 Å². The van der Waals surface area contributed by atoms with Gasteiger partial charge in [-0.15, -0.1) is 0 Å². The van der Waals surface area contributed by atoms with Crippen LogP contribution in [0.15, 0.2) is 23.3 Å². The summed E-state index contributed by atoms with van der Waals surface area (Å²) in [7, 11) is 1.81. The molecule has 1 aliphatic heterocycles. The predicted molar refractivity (Wildman–Crippen MR) is 108 cm³/mol. The number of hydrogen-bond acceptors (Lipinski definition) is 4. The largest absolute Gasteiger partial charge is 0.478 e. The Bertz CT molecular complexity index is 524. The van der Waals surface area contributed by atoms with Crippen molar-refractivity contribution in [1.29, 1.82) is 0 Å². The van der Waals surface area contributed by atoms with Crippen molar-refractivity contribution in [3.63, 3.8) is 0 Å². The molecule has 2 N–H and O–H groups in total. The number of ether oxygens (including phenoxy) is 1. The lowest BCUT2D eigenvalue weighted by molar-refractivity contribution is 0.191. The second kappa shape index (κ2) is 11.7. The molecule has 0 unspecified atom stereocenters. The minimum absolute atomic E-state index is 0.685. The number of nitrogens with one attached hydrogen (secondary N) is 2. The third kappa shape index (κ3) is 7.60. The normalized spacial score (nSPS) is 16.5. The Morgan fingerprint density at radius 2 is 2.12 bits per heavy atom. The molecule has 1 fully saturated rings. The molecule has 0 spiro atoms. The number of hydrogen-bond donors (Lipinski definition) is 2. The van der Waals surface area contributed by atoms with Gasteiger partial charge in [-0.2, -0.15) is 0 Å². The molecule has 0 saturated carbocycles. The fourth-order valence-electron chi connectivity index (χ4n) is 3.01. The van der Waals surface area contributed by atoms with Crippen LogP contribution >= 0.6 is 0 Å². The highest BCUT2D eigenvalue weighted by Crippen LogP contribution is 2.15. The highest BCUT2D eigenvalue weighted by molar-refractivity contribution is 5.79. The van der Waals surface area contributed by atoms with Gasteiger partial charge in [0.2, 0.25) is 5.88 Å². The molecule has 0 bridgehead atoms. The topological polar surface area (TPSA) is 61.8 Å². The number of rotatable bonds is 9. The van der Waals surface area contributed by atoms with Gasteiger partial charge in [-0.1, -0.05) is 19.9 Å². The van der Waals surface area contributed by atoms with Gasteiger partial charge in [-0.3, -0.25) is 4.99 Å². The van der Waals surface area contributed by atoms with Crippen molar-refractivity contribution in [3.8, 4) is 5.88 Å². The summed E-state index contributed by atoms with van der Waals surface area (Å²) in [5.41, 5.74) is 1.11. The molecule has 0 atom stereocenters. The maximum Gasteiger partial charge on any atom is 0.213 e. The fraction of sp³-hybridized carbons (Fsp3) is 0.700. The zero-order chi connectivity index (χ0) is 18.6. The molecule has 1 aromatic heterocycles. The molecule has 26 heavy (non-hydrogen) atoms. The average molecular weight is 362 g/mol. The van der Waals surface area contributed by atoms with Crippen molar-refractivity contribution in [2.75, 3.05) is 39.8 Å². The van der Waals surface area contributed by atoms with Crippen molar-refractivity contribution < 1.29 is 4.74 Å². The molecule has 0 amide bonds. The van der Waals surface area contributed by atoms with E-state index in [1.54, 1.807) is 7.05 Å². The lowest BCUT2D eigenvalue weighted by atomic mass is 9.99. The standard InChI is InChI=1S/C20H35N5O/c1-4-14-26-19-7-6-18(15-23-19)16-24-20(21-3)22-10-5-11-25-12-8-17(2)9-13-25/h6-7,15,17H,4-5,8-14,16H2,1-3H3,(H2,21,22,24). The van der Waals surface area contributed by atoms with E-state index >= 15 is 0 Å². The minimum atomic E-state index is 0.685. The van der Waals surface area contributed by atoms with Crippen LogP contribution in [0, 0.1) is 5.92 Å². The van der Waals surface area contributed by atoms with Gasteiger partial charge in [0.25, 0.3) is 0 Å². The summed E-state index contributed by atoms with van der Waals surface area (Å²) in [4.78, 5) is 11.2. The van der Waals surface area contributed by atoms with Gasteiger partial charge in [-0.05, 0) is 56.8 Å². The Morgan fingerprint density at radius 1 is 1.31 bits per heavy atom. The maximum absolute atomic E-state index is 5.51. The van der Waals surface area contributed by atoms with Crippen molar-refractivity contribution in [1.82, 2.24) is 20.5 Å². The molecule has 1 saturated heterocycles. The summed E-state index contributed by atoms with van der Waals surface area (Å²) in [5, 5.41) is 6.73. The van der Waals surface area contributed by atoms with E-state index in [0.717, 1.165) is 36.8 Å². The quantitative estimate of drug-likeness (QED) is 0.402. The molecular formula is C20H35N5O. The molecule has 146 valence electrons. The van der Waals surface area contributed by atoms with Gasteiger partial charge in [0, 0.05) is 32.4 Å². The van der Waals surface area contributed by atoms with E-state index in [-0.39, 0.29) is 0 Å². The first-order chi connectivity index (χ1) is 12.7. The lowest BCUT2D eigenvalue weighted by Crippen LogP contribution is -2.39. The van der Waals surface area contributed by atoms with Crippen LogP contribution in [0.5, 0.6) is 5.88 Å². The molecule has 2 heterocycles. The highest BCUT2D eigenvalue weighted by atomic mass is 16.5. The Kier molecular flexibility index (Phi) is 9.24. The first-order valence-electron chi connectivity index (χ1n) is 9.96. The lowest BCUT2D eigenvalue weighted by Gasteiger charge is -2.30. The van der Waals surface area contributed by atoms with E-state index in [2.05, 4.69) is 39.4 Å². The highest BCUT2D eigenvalue weighted by Gasteiger charge is 2.14. The number of guanidine groups is 1. The van der Waals surface area contributed by atoms with Crippen LogP contribution in [-0.2, 0) is 6.54 Å². The number of likely N-dealkylation sites (tertiary alicyclic amines) is 1. The predicted octanol–water partition coefficient (Wildman–Crippen LogP) is 2.66. The van der Waals surface area contributed by atoms with E-state index in [9.17, 15) is 0 Å². The number of piperidine rings is 1. The van der Waals surface area contributed by atoms with E-state index < -0.39 is 0 Å². The van der Waals surface area contributed by atoms with Crippen LogP contribution in [0.1, 0.15) is 45.1 Å². The smallest absolute Gasteiger partial charge is 0.213 e. The van der Waals surface area contributed by atoms with Crippen molar-refractivity contribution in [2.45, 2.75) is 46.1 Å². The van der Waals surface area contributed by atoms with Crippen LogP contribution in [0.4, 0.5) is 0 Å². The number of nitrogens with zero attached hydrogens (tertiary/aromatic N) is 3. The monoisotopic (exact) mass is 361 g/mol. The molecule has 6 heteroatoms. The summed E-state index contributed by atoms with van der Waals surface area (Å²) in [5.74, 6) is 2.42. The van der Waals surface area contributed by atoms with Crippen LogP contribution in [-0.4, -0.2) is 55.7 Å². The van der Waals surface area contributed by atoms with Gasteiger partial charge in [0.05, 0.1) is 6.61 Å². The molecular weight excluding hydrogens is 326 g/mol. The van der Waals surface area contributed by atoms with E-state index in [1.807, 2.05) is 18.3 Å². The van der Waals surface area contributed by atoms with Crippen LogP contribution in [0.2, 0.25) is 0 Å². The molecule has 2 rings (SSSR count). The number of pyridine rings is 1. The Hall–Kier alpha value is -1.82. The first-order valence-corrected chi connectivity index (χ1v) is 9.96. The second-order valence-electron chi connectivity index (χ2n) is 7.08. The van der Waals surface area contributed by atoms with Crippen LogP contribution in [0.3, 0.4) is 0 Å². The molecule has 0 aliphatic carbocycles. The molecule has 0 aromatic carbocycles. The van der Waals surface area contributed by atoms with Gasteiger partial charge in [0.1, 0.15) is 0 Å². The van der Waals surface area contributed by atoms with Gasteiger partial charge < -0.3 is 20.3 Å². The molecule has 6 nitrogen and oxygen atoms in total. The van der Waals surface area contributed by atoms with Gasteiger partial charge in [-0.25, -0.2) is 4.98 Å². The number of aromatic nitrogens is 1. The average Bonchev–Trinajstić information content (AvgIpc) is 2.68. The third-order valence-electron chi connectivity index (χ3n) is 4.76. The fourth-order valence-corrected chi connectivity index (χ4v) is 3.01. The second-order valence-corrected chi connectivity index (χ2v) is 7.08. The zero-order valence-corrected chi connectivity index (χ0v) is 16.6. The van der Waals surface area contributed by atoms with E-state index in [4.69, 9.17) is 4.74 Å². The number of aliphatic imine (C=N–C) groups is 1. The Labute approximate surface area is 158 Å². The summed E-state index contributed by atoms with van der Waals surface area (Å²) in [6.07, 6.45) is 6.66. The zero-order valence-electron chi connectivity index (χ0n) is 16.6. The minimum Gasteiger partial charge on any atom is -0.478 e. The first kappa shape index (κ1) is 20.5. The summed E-state index contributed by atoms with van der Waals surface area (Å²) in [6, 6.07) is 3.96. The van der Waals surface area contributed by atoms with E-state index in [0.29, 0.717) is 19.0 Å². The maximum atomic E-state index is 5.51. The molecule has 1 aliphatic rings. The van der Waals surface area contributed by atoms with Crippen molar-refractivity contribution in [3.05, 3.63) is 23.9 Å². The summed E-state index contributed by atoms with van der Waals surface area (Å²) in [6.45, 7) is 10.5. The third-order valence-corrected chi connectivity index (χ3v) is 4.76. The molecule has 0 radical (unpaired) electrons. The van der Waals surface area contributed by atoms with E-state index in [1.165, 1.54) is 32.5 Å². The summed E-state index contributed by atoms with van der Waals surface area (Å²) >= 11 is 0. The van der Waals surface area contributed by atoms with Crippen LogP contribution < -0.4 is 15.4 Å². The summed E-state index contributed by atoms with van der Waals surface area (Å²) < 4.78 is 5.51. The Balaban J connectivity index is 1.61.